The van der Waals surface area contributed by atoms with Gasteiger partial charge in [0.1, 0.15) is 0 Å². The van der Waals surface area contributed by atoms with Crippen LogP contribution in [0, 0.1) is 0 Å². The minimum absolute atomic E-state index is 0.00977. The fourth-order valence-corrected chi connectivity index (χ4v) is 1.42. The van der Waals surface area contributed by atoms with Crippen molar-refractivity contribution in [2.24, 2.45) is 0 Å². The maximum absolute atomic E-state index is 10.5. The smallest absolute Gasteiger partial charge is 0.334 e. The number of aliphatic hydroxyl groups is 1. The number of carboxylic acids is 1. The number of imidazole rings is 1. The Bertz CT molecular complexity index is 492. The van der Waals surface area contributed by atoms with Crippen LogP contribution in [0.25, 0.3) is 11.0 Å². The Hall–Kier alpha value is -1.88. The van der Waals surface area contributed by atoms with Crippen molar-refractivity contribution in [1.29, 1.82) is 0 Å². The molecule has 2 rings (SSSR count). The zero-order chi connectivity index (χ0) is 10.8. The number of hydrogen-bond acceptors (Lipinski definition) is 3. The average molecular weight is 206 g/mol. The highest BCUT2D eigenvalue weighted by Crippen LogP contribution is 2.12. The number of para-hydroxylation sites is 2. The van der Waals surface area contributed by atoms with Crippen molar-refractivity contribution < 1.29 is 15.0 Å². The highest BCUT2D eigenvalue weighted by atomic mass is 16.4. The molecule has 2 aromatic rings. The van der Waals surface area contributed by atoms with Crippen LogP contribution in [0.5, 0.6) is 0 Å². The van der Waals surface area contributed by atoms with E-state index in [1.807, 2.05) is 24.3 Å². The molecule has 0 saturated heterocycles. The van der Waals surface area contributed by atoms with Gasteiger partial charge in [0.2, 0.25) is 0 Å². The number of benzene rings is 1. The maximum Gasteiger partial charge on any atom is 0.334 e. The standard InChI is InChI=1S/C10H10N2O3/c13-9(10(14)15)5-12-6-11-7-3-1-2-4-8(7)12/h1-4,6,9,13H,5H2,(H,14,15). The van der Waals surface area contributed by atoms with Gasteiger partial charge in [-0.2, -0.15) is 0 Å². The second-order valence-corrected chi connectivity index (χ2v) is 3.24. The molecule has 1 heterocycles. The first-order chi connectivity index (χ1) is 7.18. The van der Waals surface area contributed by atoms with Crippen molar-refractivity contribution in [1.82, 2.24) is 9.55 Å². The van der Waals surface area contributed by atoms with E-state index < -0.39 is 12.1 Å². The summed E-state index contributed by atoms with van der Waals surface area (Å²) < 4.78 is 1.62. The van der Waals surface area contributed by atoms with Crippen molar-refractivity contribution in [3.8, 4) is 0 Å². The highest BCUT2D eigenvalue weighted by Gasteiger charge is 2.14. The zero-order valence-electron chi connectivity index (χ0n) is 7.87. The van der Waals surface area contributed by atoms with E-state index in [1.54, 1.807) is 4.57 Å². The predicted molar refractivity (Wildman–Crippen MR) is 53.4 cm³/mol. The lowest BCUT2D eigenvalue weighted by atomic mass is 10.3. The number of carbonyl (C=O) groups is 1. The molecule has 0 fully saturated rings. The van der Waals surface area contributed by atoms with Gasteiger partial charge in [0.05, 0.1) is 23.9 Å². The van der Waals surface area contributed by atoms with E-state index in [-0.39, 0.29) is 6.54 Å². The molecule has 0 radical (unpaired) electrons. The summed E-state index contributed by atoms with van der Waals surface area (Å²) >= 11 is 0. The van der Waals surface area contributed by atoms with Crippen LogP contribution in [0.15, 0.2) is 30.6 Å². The Morgan fingerprint density at radius 3 is 2.93 bits per heavy atom. The summed E-state index contributed by atoms with van der Waals surface area (Å²) in [4.78, 5) is 14.6. The number of aliphatic carboxylic acids is 1. The number of hydrogen-bond donors (Lipinski definition) is 2. The van der Waals surface area contributed by atoms with E-state index in [0.29, 0.717) is 0 Å². The lowest BCUT2D eigenvalue weighted by molar-refractivity contribution is -0.147. The molecule has 5 nitrogen and oxygen atoms in total. The van der Waals surface area contributed by atoms with Gasteiger partial charge in [0.25, 0.3) is 0 Å². The van der Waals surface area contributed by atoms with Crippen LogP contribution < -0.4 is 0 Å². The molecule has 1 atom stereocenters. The van der Waals surface area contributed by atoms with Crippen LogP contribution in [-0.4, -0.2) is 31.8 Å². The fourth-order valence-electron chi connectivity index (χ4n) is 1.42. The van der Waals surface area contributed by atoms with Crippen LogP contribution in [-0.2, 0) is 11.3 Å². The minimum atomic E-state index is -1.40. The Morgan fingerprint density at radius 2 is 2.20 bits per heavy atom. The average Bonchev–Trinajstić information content (AvgIpc) is 2.62. The Kier molecular flexibility index (Phi) is 2.39. The maximum atomic E-state index is 10.5. The van der Waals surface area contributed by atoms with Crippen molar-refractivity contribution >= 4 is 17.0 Å². The number of fused-ring (bicyclic) bond motifs is 1. The molecule has 2 N–H and O–H groups in total. The summed E-state index contributed by atoms with van der Waals surface area (Å²) in [6.45, 7) is 0.00977. The normalized spacial score (nSPS) is 12.9. The van der Waals surface area contributed by atoms with E-state index in [4.69, 9.17) is 5.11 Å². The van der Waals surface area contributed by atoms with Crippen molar-refractivity contribution in [2.45, 2.75) is 12.6 Å². The van der Waals surface area contributed by atoms with Crippen LogP contribution in [0.3, 0.4) is 0 Å². The molecule has 1 aromatic carbocycles. The van der Waals surface area contributed by atoms with Gasteiger partial charge in [-0.1, -0.05) is 12.1 Å². The number of nitrogens with zero attached hydrogens (tertiary/aromatic N) is 2. The summed E-state index contributed by atoms with van der Waals surface area (Å²) in [5.74, 6) is -1.23. The van der Waals surface area contributed by atoms with Gasteiger partial charge in [0.15, 0.2) is 6.10 Å². The molecule has 0 saturated carbocycles. The molecular formula is C10H10N2O3. The minimum Gasteiger partial charge on any atom is -0.479 e. The summed E-state index contributed by atoms with van der Waals surface area (Å²) in [7, 11) is 0. The third kappa shape index (κ3) is 1.82. The Morgan fingerprint density at radius 1 is 1.47 bits per heavy atom. The fraction of sp³-hybridized carbons (Fsp3) is 0.200. The predicted octanol–water partition coefficient (Wildman–Crippen LogP) is 0.482. The van der Waals surface area contributed by atoms with Crippen LogP contribution in [0.1, 0.15) is 0 Å². The largest absolute Gasteiger partial charge is 0.479 e. The van der Waals surface area contributed by atoms with E-state index in [1.165, 1.54) is 6.33 Å². The third-order valence-corrected chi connectivity index (χ3v) is 2.18. The first-order valence-corrected chi connectivity index (χ1v) is 4.49. The van der Waals surface area contributed by atoms with Crippen LogP contribution >= 0.6 is 0 Å². The number of rotatable bonds is 3. The molecule has 0 spiro atoms. The second kappa shape index (κ2) is 3.70. The van der Waals surface area contributed by atoms with E-state index in [9.17, 15) is 9.90 Å². The Labute approximate surface area is 85.6 Å². The molecule has 78 valence electrons. The molecule has 0 aliphatic carbocycles. The first-order valence-electron chi connectivity index (χ1n) is 4.49. The second-order valence-electron chi connectivity index (χ2n) is 3.24. The summed E-state index contributed by atoms with van der Waals surface area (Å²) in [5, 5.41) is 17.8. The van der Waals surface area contributed by atoms with Crippen LogP contribution in [0.4, 0.5) is 0 Å². The molecule has 0 amide bonds. The number of aromatic nitrogens is 2. The zero-order valence-corrected chi connectivity index (χ0v) is 7.87. The van der Waals surface area contributed by atoms with Crippen molar-refractivity contribution in [2.75, 3.05) is 0 Å². The molecular weight excluding hydrogens is 196 g/mol. The number of carboxylic acid groups (broad SMARTS) is 1. The lowest BCUT2D eigenvalue weighted by Crippen LogP contribution is -2.24. The summed E-state index contributed by atoms with van der Waals surface area (Å²) in [5.41, 5.74) is 1.60. The quantitative estimate of drug-likeness (QED) is 0.766. The number of aliphatic hydroxyl groups excluding tert-OH is 1. The van der Waals surface area contributed by atoms with Gasteiger partial charge in [0, 0.05) is 0 Å². The SMILES string of the molecule is O=C(O)C(O)Cn1cnc2ccccc21. The van der Waals surface area contributed by atoms with E-state index >= 15 is 0 Å². The molecule has 15 heavy (non-hydrogen) atoms. The molecule has 0 aliphatic heterocycles. The highest BCUT2D eigenvalue weighted by molar-refractivity contribution is 5.76. The molecule has 5 heteroatoms. The van der Waals surface area contributed by atoms with Crippen molar-refractivity contribution in [3.63, 3.8) is 0 Å². The Balaban J connectivity index is 2.32. The first kappa shape index (κ1) is 9.67. The molecule has 0 aliphatic rings. The molecule has 0 bridgehead atoms. The van der Waals surface area contributed by atoms with Crippen LogP contribution in [0.2, 0.25) is 0 Å². The van der Waals surface area contributed by atoms with Gasteiger partial charge in [-0.05, 0) is 12.1 Å². The van der Waals surface area contributed by atoms with Gasteiger partial charge in [-0.15, -0.1) is 0 Å². The summed E-state index contributed by atoms with van der Waals surface area (Å²) in [6, 6.07) is 7.36. The van der Waals surface area contributed by atoms with Gasteiger partial charge < -0.3 is 14.8 Å². The van der Waals surface area contributed by atoms with Gasteiger partial charge >= 0.3 is 5.97 Å². The van der Waals surface area contributed by atoms with E-state index in [2.05, 4.69) is 4.98 Å². The third-order valence-electron chi connectivity index (χ3n) is 2.18. The summed E-state index contributed by atoms with van der Waals surface area (Å²) in [6.07, 6.45) is 0.124. The van der Waals surface area contributed by atoms with E-state index in [0.717, 1.165) is 11.0 Å². The lowest BCUT2D eigenvalue weighted by Gasteiger charge is -2.06. The van der Waals surface area contributed by atoms with Crippen molar-refractivity contribution in [3.05, 3.63) is 30.6 Å². The van der Waals surface area contributed by atoms with Gasteiger partial charge in [-0.3, -0.25) is 0 Å². The molecule has 1 aromatic heterocycles. The van der Waals surface area contributed by atoms with Gasteiger partial charge in [-0.25, -0.2) is 9.78 Å². The topological polar surface area (TPSA) is 75.3 Å². The molecule has 1 unspecified atom stereocenters. The monoisotopic (exact) mass is 206 g/mol.